The molecule has 3 atom stereocenters. The molecular weight excluding hydrogens is 590 g/mol. The maximum atomic E-state index is 13.1. The Hall–Kier alpha value is -4.06. The summed E-state index contributed by atoms with van der Waals surface area (Å²) in [5, 5.41) is 9.62. The second-order valence-electron chi connectivity index (χ2n) is 10.6. The van der Waals surface area contributed by atoms with Crippen molar-refractivity contribution in [2.24, 2.45) is 0 Å². The summed E-state index contributed by atoms with van der Waals surface area (Å²) < 4.78 is 27.7. The zero-order valence-electron chi connectivity index (χ0n) is 24.9. The molecule has 4 aliphatic rings. The SMILES string of the molecule is COC(=O)C1=C(C)NC(COCCNC(=O)C2(OC3=CC=C4CCC=CC4N3)CCO2)=C(C(=O)OC)C1c1ccccc1Cl. The molecule has 3 heterocycles. The van der Waals surface area contributed by atoms with Crippen LogP contribution in [0.5, 0.6) is 0 Å². The third-order valence-corrected chi connectivity index (χ3v) is 8.26. The standard InChI is InChI=1S/C32H36ClN3O8/c1-19-26(29(37)40-2)27(21-9-5-6-10-22(21)33)28(30(38)41-3)24(35-19)18-42-17-15-34-31(39)32(14-16-43-32)44-25-13-12-20-8-4-7-11-23(20)36-25/h5-7,9-13,23,27,35-36H,4,8,14-18H2,1-3H3,(H,34,39). The van der Waals surface area contributed by atoms with Crippen LogP contribution in [0.2, 0.25) is 5.02 Å². The van der Waals surface area contributed by atoms with Crippen molar-refractivity contribution >= 4 is 29.4 Å². The Balaban J connectivity index is 1.24. The third-order valence-electron chi connectivity index (χ3n) is 7.91. The average Bonchev–Trinajstić information content (AvgIpc) is 3.01. The molecule has 1 amide bonds. The molecule has 3 aliphatic heterocycles. The topological polar surface area (TPSA) is 133 Å². The Morgan fingerprint density at radius 1 is 1.11 bits per heavy atom. The zero-order valence-corrected chi connectivity index (χ0v) is 25.6. The van der Waals surface area contributed by atoms with E-state index in [9.17, 15) is 14.4 Å². The van der Waals surface area contributed by atoms with Gasteiger partial charge in [0, 0.05) is 23.7 Å². The third kappa shape index (κ3) is 6.40. The van der Waals surface area contributed by atoms with Crippen LogP contribution in [0.1, 0.15) is 37.7 Å². The molecule has 0 radical (unpaired) electrons. The van der Waals surface area contributed by atoms with Crippen molar-refractivity contribution in [3.63, 3.8) is 0 Å². The highest BCUT2D eigenvalue weighted by molar-refractivity contribution is 6.31. The number of allylic oxidation sites excluding steroid dienone is 4. The molecule has 5 rings (SSSR count). The lowest BCUT2D eigenvalue weighted by Gasteiger charge is -2.41. The number of amides is 1. The van der Waals surface area contributed by atoms with Crippen LogP contribution in [0.25, 0.3) is 0 Å². The van der Waals surface area contributed by atoms with Crippen molar-refractivity contribution < 1.29 is 38.1 Å². The van der Waals surface area contributed by atoms with E-state index in [4.69, 9.17) is 35.3 Å². The van der Waals surface area contributed by atoms with E-state index in [1.54, 1.807) is 31.2 Å². The predicted octanol–water partition coefficient (Wildman–Crippen LogP) is 3.26. The molecule has 1 aromatic carbocycles. The van der Waals surface area contributed by atoms with Crippen LogP contribution in [-0.4, -0.2) is 70.3 Å². The van der Waals surface area contributed by atoms with E-state index in [1.807, 2.05) is 12.2 Å². The maximum absolute atomic E-state index is 13.1. The van der Waals surface area contributed by atoms with Crippen molar-refractivity contribution in [3.05, 3.63) is 93.2 Å². The fourth-order valence-corrected chi connectivity index (χ4v) is 5.86. The van der Waals surface area contributed by atoms with E-state index < -0.39 is 29.6 Å². The maximum Gasteiger partial charge on any atom is 0.336 e. The molecule has 3 N–H and O–H groups in total. The molecule has 44 heavy (non-hydrogen) atoms. The first-order valence-corrected chi connectivity index (χ1v) is 14.8. The van der Waals surface area contributed by atoms with E-state index in [2.05, 4.69) is 28.1 Å². The summed E-state index contributed by atoms with van der Waals surface area (Å²) in [5.41, 5.74) is 3.10. The summed E-state index contributed by atoms with van der Waals surface area (Å²) in [6.45, 7) is 2.35. The first-order valence-electron chi connectivity index (χ1n) is 14.4. The Morgan fingerprint density at radius 2 is 1.86 bits per heavy atom. The van der Waals surface area contributed by atoms with Crippen LogP contribution in [-0.2, 0) is 38.1 Å². The minimum Gasteiger partial charge on any atom is -0.466 e. The fourth-order valence-electron chi connectivity index (χ4n) is 5.62. The molecule has 0 spiro atoms. The van der Waals surface area contributed by atoms with Gasteiger partial charge in [0.15, 0.2) is 5.88 Å². The Morgan fingerprint density at radius 3 is 2.57 bits per heavy atom. The van der Waals surface area contributed by atoms with E-state index in [-0.39, 0.29) is 36.9 Å². The van der Waals surface area contributed by atoms with E-state index in [1.165, 1.54) is 19.8 Å². The lowest BCUT2D eigenvalue weighted by molar-refractivity contribution is -0.275. The Kier molecular flexibility index (Phi) is 9.77. The van der Waals surface area contributed by atoms with Gasteiger partial charge in [-0.1, -0.05) is 48.0 Å². The molecule has 12 heteroatoms. The number of carbonyl (C=O) groups excluding carboxylic acids is 3. The summed E-state index contributed by atoms with van der Waals surface area (Å²) in [6.07, 6.45) is 10.5. The van der Waals surface area contributed by atoms with Crippen LogP contribution in [0, 0.1) is 0 Å². The number of hydrogen-bond donors (Lipinski definition) is 3. The number of dihydropyridines is 2. The number of benzene rings is 1. The van der Waals surface area contributed by atoms with Gasteiger partial charge < -0.3 is 39.6 Å². The van der Waals surface area contributed by atoms with E-state index >= 15 is 0 Å². The van der Waals surface area contributed by atoms with Gasteiger partial charge in [0.25, 0.3) is 11.7 Å². The number of nitrogens with one attached hydrogen (secondary N) is 3. The second kappa shape index (κ2) is 13.7. The smallest absolute Gasteiger partial charge is 0.336 e. The number of hydrogen-bond acceptors (Lipinski definition) is 10. The van der Waals surface area contributed by atoms with Gasteiger partial charge in [0.2, 0.25) is 0 Å². The van der Waals surface area contributed by atoms with Gasteiger partial charge in [-0.3, -0.25) is 4.79 Å². The summed E-state index contributed by atoms with van der Waals surface area (Å²) >= 11 is 6.52. The van der Waals surface area contributed by atoms with Crippen molar-refractivity contribution in [3.8, 4) is 0 Å². The molecule has 0 bridgehead atoms. The molecule has 0 aromatic heterocycles. The summed E-state index contributed by atoms with van der Waals surface area (Å²) in [4.78, 5) is 39.1. The number of rotatable bonds is 11. The zero-order chi connectivity index (χ0) is 31.3. The minimum absolute atomic E-state index is 0.0361. The van der Waals surface area contributed by atoms with Crippen LogP contribution in [0.4, 0.5) is 0 Å². The minimum atomic E-state index is -1.41. The first-order chi connectivity index (χ1) is 21.3. The van der Waals surface area contributed by atoms with Gasteiger partial charge in [0.05, 0.1) is 62.8 Å². The predicted molar refractivity (Wildman–Crippen MR) is 161 cm³/mol. The first kappa shape index (κ1) is 31.4. The van der Waals surface area contributed by atoms with Crippen molar-refractivity contribution in [2.75, 3.05) is 40.6 Å². The fraction of sp³-hybridized carbons (Fsp3) is 0.406. The normalized spacial score (nSPS) is 24.1. The molecule has 234 valence electrons. The van der Waals surface area contributed by atoms with Gasteiger partial charge in [-0.05, 0) is 43.0 Å². The van der Waals surface area contributed by atoms with Gasteiger partial charge in [-0.15, -0.1) is 0 Å². The lowest BCUT2D eigenvalue weighted by Crippen LogP contribution is -2.59. The van der Waals surface area contributed by atoms with Crippen molar-refractivity contribution in [1.82, 2.24) is 16.0 Å². The van der Waals surface area contributed by atoms with Crippen LogP contribution >= 0.6 is 11.6 Å². The number of fused-ring (bicyclic) bond motifs is 1. The van der Waals surface area contributed by atoms with E-state index in [0.29, 0.717) is 40.9 Å². The van der Waals surface area contributed by atoms with Gasteiger partial charge >= 0.3 is 11.9 Å². The number of methoxy groups -OCH3 is 2. The second-order valence-corrected chi connectivity index (χ2v) is 11.0. The average molecular weight is 626 g/mol. The monoisotopic (exact) mass is 625 g/mol. The van der Waals surface area contributed by atoms with Gasteiger partial charge in [0.1, 0.15) is 0 Å². The van der Waals surface area contributed by atoms with Gasteiger partial charge in [-0.25, -0.2) is 9.59 Å². The summed E-state index contributed by atoms with van der Waals surface area (Å²) in [6, 6.07) is 7.00. The van der Waals surface area contributed by atoms with Crippen molar-refractivity contribution in [1.29, 1.82) is 0 Å². The molecule has 1 fully saturated rings. The van der Waals surface area contributed by atoms with E-state index in [0.717, 1.165) is 12.8 Å². The summed E-state index contributed by atoms with van der Waals surface area (Å²) in [7, 11) is 2.53. The number of carbonyl (C=O) groups is 3. The Labute approximate surface area is 260 Å². The van der Waals surface area contributed by atoms with Crippen molar-refractivity contribution in [2.45, 2.75) is 43.9 Å². The van der Waals surface area contributed by atoms with Crippen LogP contribution in [0.15, 0.2) is 82.6 Å². The lowest BCUT2D eigenvalue weighted by atomic mass is 9.80. The highest BCUT2D eigenvalue weighted by atomic mass is 35.5. The molecule has 0 saturated carbocycles. The molecule has 1 aliphatic carbocycles. The highest BCUT2D eigenvalue weighted by Gasteiger charge is 2.49. The molecule has 1 saturated heterocycles. The number of esters is 2. The summed E-state index contributed by atoms with van der Waals surface area (Å²) in [5.74, 6) is -3.46. The quantitative estimate of drug-likeness (QED) is 0.191. The molecule has 3 unspecified atom stereocenters. The van der Waals surface area contributed by atoms with Gasteiger partial charge in [-0.2, -0.15) is 0 Å². The Bertz CT molecular complexity index is 1470. The van der Waals surface area contributed by atoms with Crippen LogP contribution in [0.3, 0.4) is 0 Å². The largest absolute Gasteiger partial charge is 0.466 e. The molecular formula is C32H36ClN3O8. The molecule has 1 aromatic rings. The molecule has 11 nitrogen and oxygen atoms in total. The van der Waals surface area contributed by atoms with Crippen LogP contribution < -0.4 is 16.0 Å². The number of halogens is 1. The number of ether oxygens (including phenoxy) is 5. The highest BCUT2D eigenvalue weighted by Crippen LogP contribution is 2.42.